The van der Waals surface area contributed by atoms with E-state index >= 15 is 0 Å². The zero-order valence-corrected chi connectivity index (χ0v) is 11.4. The van der Waals surface area contributed by atoms with Gasteiger partial charge < -0.3 is 4.43 Å². The fraction of sp³-hybridized carbons (Fsp3) is 0.308. The van der Waals surface area contributed by atoms with E-state index in [-0.39, 0.29) is 0 Å². The van der Waals surface area contributed by atoms with Crippen LogP contribution < -0.4 is 0 Å². The summed E-state index contributed by atoms with van der Waals surface area (Å²) < 4.78 is 5.64. The standard InChI is InChI=1S/C13H19NOSi/c1-11-7-6-8-13(9-11)10-14-12(2)15-16(3,4)5/h6-10H,2H2,1,3-5H3/b14-10+. The summed E-state index contributed by atoms with van der Waals surface area (Å²) in [6.07, 6.45) is 1.79. The van der Waals surface area contributed by atoms with E-state index in [2.05, 4.69) is 50.3 Å². The van der Waals surface area contributed by atoms with E-state index in [1.807, 2.05) is 12.1 Å². The van der Waals surface area contributed by atoms with E-state index in [9.17, 15) is 0 Å². The third-order valence-corrected chi connectivity index (χ3v) is 2.67. The minimum Gasteiger partial charge on any atom is -0.532 e. The molecule has 1 aromatic rings. The molecule has 0 aromatic heterocycles. The Morgan fingerprint density at radius 3 is 2.62 bits per heavy atom. The molecule has 0 atom stereocenters. The van der Waals surface area contributed by atoms with Gasteiger partial charge in [-0.2, -0.15) is 0 Å². The molecule has 0 radical (unpaired) electrons. The molecule has 0 saturated heterocycles. The number of hydrogen-bond acceptors (Lipinski definition) is 2. The second-order valence-corrected chi connectivity index (χ2v) is 9.21. The molecule has 86 valence electrons. The van der Waals surface area contributed by atoms with E-state index in [1.165, 1.54) is 5.56 Å². The molecule has 1 aromatic carbocycles. The van der Waals surface area contributed by atoms with Crippen molar-refractivity contribution in [3.05, 3.63) is 47.9 Å². The normalized spacial score (nSPS) is 11.8. The van der Waals surface area contributed by atoms with Crippen LogP contribution in [-0.4, -0.2) is 14.5 Å². The summed E-state index contributed by atoms with van der Waals surface area (Å²) >= 11 is 0. The lowest BCUT2D eigenvalue weighted by atomic mass is 10.2. The lowest BCUT2D eigenvalue weighted by molar-refractivity contribution is 0.421. The van der Waals surface area contributed by atoms with Crippen LogP contribution in [0.4, 0.5) is 0 Å². The highest BCUT2D eigenvalue weighted by atomic mass is 28.4. The van der Waals surface area contributed by atoms with Gasteiger partial charge in [-0.1, -0.05) is 29.8 Å². The van der Waals surface area contributed by atoms with Gasteiger partial charge in [0.15, 0.2) is 5.88 Å². The summed E-state index contributed by atoms with van der Waals surface area (Å²) in [5, 5.41) is 0. The maximum Gasteiger partial charge on any atom is 0.244 e. The Labute approximate surface area is 98.8 Å². The lowest BCUT2D eigenvalue weighted by Crippen LogP contribution is -2.24. The van der Waals surface area contributed by atoms with Crippen LogP contribution in [0.2, 0.25) is 19.6 Å². The Morgan fingerprint density at radius 1 is 1.38 bits per heavy atom. The van der Waals surface area contributed by atoms with Crippen LogP contribution in [0.25, 0.3) is 0 Å². The maximum atomic E-state index is 5.64. The van der Waals surface area contributed by atoms with Gasteiger partial charge in [0.25, 0.3) is 0 Å². The summed E-state index contributed by atoms with van der Waals surface area (Å²) in [7, 11) is -1.58. The van der Waals surface area contributed by atoms with Gasteiger partial charge in [-0.25, -0.2) is 4.99 Å². The Bertz CT molecular complexity index is 405. The molecule has 1 rings (SSSR count). The third kappa shape index (κ3) is 4.93. The van der Waals surface area contributed by atoms with Gasteiger partial charge in [0.2, 0.25) is 8.32 Å². The van der Waals surface area contributed by atoms with Crippen LogP contribution in [-0.2, 0) is 4.43 Å². The second-order valence-electron chi connectivity index (χ2n) is 4.78. The van der Waals surface area contributed by atoms with Crippen molar-refractivity contribution in [3.63, 3.8) is 0 Å². The molecule has 0 N–H and O–H groups in total. The van der Waals surface area contributed by atoms with Crippen molar-refractivity contribution < 1.29 is 4.43 Å². The summed E-state index contributed by atoms with van der Waals surface area (Å²) in [6.45, 7) is 12.2. The van der Waals surface area contributed by atoms with E-state index in [1.54, 1.807) is 6.21 Å². The summed E-state index contributed by atoms with van der Waals surface area (Å²) in [5.41, 5.74) is 2.29. The monoisotopic (exact) mass is 233 g/mol. The quantitative estimate of drug-likeness (QED) is 0.441. The van der Waals surface area contributed by atoms with Gasteiger partial charge in [-0.15, -0.1) is 0 Å². The van der Waals surface area contributed by atoms with Crippen molar-refractivity contribution in [2.75, 3.05) is 0 Å². The SMILES string of the molecule is C=C(/N=C/c1cccc(C)c1)O[Si](C)(C)C. The first-order valence-electron chi connectivity index (χ1n) is 5.35. The van der Waals surface area contributed by atoms with Crippen LogP contribution in [0, 0.1) is 6.92 Å². The molecular formula is C13H19NOSi. The van der Waals surface area contributed by atoms with Gasteiger partial charge >= 0.3 is 0 Å². The molecule has 0 amide bonds. The zero-order valence-electron chi connectivity index (χ0n) is 10.4. The highest BCUT2D eigenvalue weighted by Crippen LogP contribution is 2.10. The van der Waals surface area contributed by atoms with Crippen LogP contribution in [0.3, 0.4) is 0 Å². The second kappa shape index (κ2) is 5.12. The summed E-state index contributed by atoms with van der Waals surface area (Å²) in [4.78, 5) is 4.21. The summed E-state index contributed by atoms with van der Waals surface area (Å²) in [6, 6.07) is 8.16. The number of hydrogen-bond donors (Lipinski definition) is 0. The van der Waals surface area contributed by atoms with Crippen molar-refractivity contribution >= 4 is 14.5 Å². The van der Waals surface area contributed by atoms with E-state index in [0.29, 0.717) is 5.88 Å². The van der Waals surface area contributed by atoms with E-state index in [4.69, 9.17) is 4.43 Å². The van der Waals surface area contributed by atoms with E-state index < -0.39 is 8.32 Å². The molecule has 3 heteroatoms. The average molecular weight is 233 g/mol. The Hall–Kier alpha value is -1.35. The molecule has 0 fully saturated rings. The molecule has 0 aliphatic heterocycles. The average Bonchev–Trinajstić information content (AvgIpc) is 2.12. The molecule has 2 nitrogen and oxygen atoms in total. The molecule has 0 bridgehead atoms. The van der Waals surface area contributed by atoms with Crippen molar-refractivity contribution in [3.8, 4) is 0 Å². The number of aryl methyl sites for hydroxylation is 1. The highest BCUT2D eigenvalue weighted by Gasteiger charge is 2.15. The fourth-order valence-corrected chi connectivity index (χ4v) is 2.04. The van der Waals surface area contributed by atoms with Gasteiger partial charge in [-0.3, -0.25) is 0 Å². The van der Waals surface area contributed by atoms with Crippen molar-refractivity contribution in [1.29, 1.82) is 0 Å². The van der Waals surface area contributed by atoms with Gasteiger partial charge in [0, 0.05) is 6.21 Å². The van der Waals surface area contributed by atoms with E-state index in [0.717, 1.165) is 5.56 Å². The molecule has 0 aliphatic rings. The first-order valence-corrected chi connectivity index (χ1v) is 8.76. The first-order chi connectivity index (χ1) is 7.37. The Morgan fingerprint density at radius 2 is 2.06 bits per heavy atom. The molecule has 16 heavy (non-hydrogen) atoms. The Balaban J connectivity index is 2.64. The predicted molar refractivity (Wildman–Crippen MR) is 72.3 cm³/mol. The minimum atomic E-state index is -1.58. The van der Waals surface area contributed by atoms with Crippen LogP contribution in [0.5, 0.6) is 0 Å². The number of rotatable bonds is 4. The molecule has 0 saturated carbocycles. The number of aliphatic imine (C=N–C) groups is 1. The smallest absolute Gasteiger partial charge is 0.244 e. The van der Waals surface area contributed by atoms with Crippen molar-refractivity contribution in [1.82, 2.24) is 0 Å². The minimum absolute atomic E-state index is 0.501. The van der Waals surface area contributed by atoms with Crippen molar-refractivity contribution in [2.45, 2.75) is 26.6 Å². The van der Waals surface area contributed by atoms with Crippen LogP contribution >= 0.6 is 0 Å². The third-order valence-electron chi connectivity index (χ3n) is 1.82. The van der Waals surface area contributed by atoms with Gasteiger partial charge in [0.05, 0.1) is 0 Å². The molecule has 0 unspecified atom stereocenters. The lowest BCUT2D eigenvalue weighted by Gasteiger charge is -2.17. The largest absolute Gasteiger partial charge is 0.532 e. The first kappa shape index (κ1) is 12.7. The Kier molecular flexibility index (Phi) is 4.07. The zero-order chi connectivity index (χ0) is 12.2. The van der Waals surface area contributed by atoms with Crippen LogP contribution in [0.1, 0.15) is 11.1 Å². The van der Waals surface area contributed by atoms with Gasteiger partial charge in [0.1, 0.15) is 0 Å². The van der Waals surface area contributed by atoms with Crippen molar-refractivity contribution in [2.24, 2.45) is 4.99 Å². The predicted octanol–water partition coefficient (Wildman–Crippen LogP) is 3.74. The highest BCUT2D eigenvalue weighted by molar-refractivity contribution is 6.70. The number of nitrogens with zero attached hydrogens (tertiary/aromatic N) is 1. The number of benzene rings is 1. The topological polar surface area (TPSA) is 21.6 Å². The van der Waals surface area contributed by atoms with Crippen LogP contribution in [0.15, 0.2) is 41.7 Å². The van der Waals surface area contributed by atoms with Gasteiger partial charge in [-0.05, 0) is 38.7 Å². The maximum absolute atomic E-state index is 5.64. The fourth-order valence-electron chi connectivity index (χ4n) is 1.28. The molecule has 0 aliphatic carbocycles. The molecule has 0 spiro atoms. The molecule has 0 heterocycles. The molecular weight excluding hydrogens is 214 g/mol. The summed E-state index contributed by atoms with van der Waals surface area (Å²) in [5.74, 6) is 0.501.